The Hall–Kier alpha value is -1.14. The van der Waals surface area contributed by atoms with E-state index in [0.29, 0.717) is 5.75 Å². The number of aryl methyl sites for hydroxylation is 1. The SMILES string of the molecule is CCc1cc2c(SCC(=O)N[C@H](C)CC)ncnc2s1. The molecule has 2 aromatic rings. The van der Waals surface area contributed by atoms with Gasteiger partial charge >= 0.3 is 0 Å². The van der Waals surface area contributed by atoms with Crippen LogP contribution >= 0.6 is 23.1 Å². The maximum Gasteiger partial charge on any atom is 0.230 e. The molecule has 2 rings (SSSR count). The zero-order valence-electron chi connectivity index (χ0n) is 12.0. The van der Waals surface area contributed by atoms with Crippen molar-refractivity contribution in [3.8, 4) is 0 Å². The Morgan fingerprint density at radius 1 is 1.45 bits per heavy atom. The maximum absolute atomic E-state index is 11.8. The van der Waals surface area contributed by atoms with Crippen LogP contribution in [0.1, 0.15) is 32.1 Å². The fraction of sp³-hybridized carbons (Fsp3) is 0.500. The highest BCUT2D eigenvalue weighted by Crippen LogP contribution is 2.30. The van der Waals surface area contributed by atoms with E-state index in [-0.39, 0.29) is 11.9 Å². The zero-order valence-corrected chi connectivity index (χ0v) is 13.6. The molecule has 0 saturated carbocycles. The molecule has 1 amide bonds. The Balaban J connectivity index is 2.06. The van der Waals surface area contributed by atoms with Crippen molar-refractivity contribution in [2.45, 2.75) is 44.7 Å². The molecule has 0 radical (unpaired) electrons. The van der Waals surface area contributed by atoms with Crippen LogP contribution in [-0.4, -0.2) is 27.7 Å². The molecular formula is C14H19N3OS2. The Bertz CT molecular complexity index is 597. The van der Waals surface area contributed by atoms with Gasteiger partial charge in [0.1, 0.15) is 16.2 Å². The lowest BCUT2D eigenvalue weighted by atomic mass is 10.3. The van der Waals surface area contributed by atoms with Gasteiger partial charge in [-0.15, -0.1) is 11.3 Å². The van der Waals surface area contributed by atoms with Crippen molar-refractivity contribution in [1.82, 2.24) is 15.3 Å². The Morgan fingerprint density at radius 3 is 2.95 bits per heavy atom. The number of carbonyl (C=O) groups excluding carboxylic acids is 1. The topological polar surface area (TPSA) is 54.9 Å². The van der Waals surface area contributed by atoms with Crippen molar-refractivity contribution in [3.05, 3.63) is 17.3 Å². The van der Waals surface area contributed by atoms with E-state index >= 15 is 0 Å². The van der Waals surface area contributed by atoms with Gasteiger partial charge in [-0.3, -0.25) is 4.79 Å². The van der Waals surface area contributed by atoms with Crippen LogP contribution in [-0.2, 0) is 11.2 Å². The lowest BCUT2D eigenvalue weighted by Crippen LogP contribution is -2.33. The number of hydrogen-bond acceptors (Lipinski definition) is 5. The summed E-state index contributed by atoms with van der Waals surface area (Å²) in [5, 5.41) is 4.92. The van der Waals surface area contributed by atoms with Crippen LogP contribution in [0.3, 0.4) is 0 Å². The predicted molar refractivity (Wildman–Crippen MR) is 85.4 cm³/mol. The second-order valence-electron chi connectivity index (χ2n) is 4.63. The summed E-state index contributed by atoms with van der Waals surface area (Å²) in [6.07, 6.45) is 3.52. The molecule has 1 atom stereocenters. The van der Waals surface area contributed by atoms with Gasteiger partial charge in [-0.25, -0.2) is 9.97 Å². The highest BCUT2D eigenvalue weighted by Gasteiger charge is 2.11. The third-order valence-corrected chi connectivity index (χ3v) is 5.24. The molecular weight excluding hydrogens is 290 g/mol. The van der Waals surface area contributed by atoms with Crippen LogP contribution in [0.4, 0.5) is 0 Å². The lowest BCUT2D eigenvalue weighted by Gasteiger charge is -2.10. The van der Waals surface area contributed by atoms with Crippen molar-refractivity contribution in [2.75, 3.05) is 5.75 Å². The van der Waals surface area contributed by atoms with Crippen molar-refractivity contribution in [1.29, 1.82) is 0 Å². The minimum absolute atomic E-state index is 0.0575. The van der Waals surface area contributed by atoms with Crippen molar-refractivity contribution in [3.63, 3.8) is 0 Å². The summed E-state index contributed by atoms with van der Waals surface area (Å²) < 4.78 is 0. The number of thiophene rings is 1. The Labute approximate surface area is 127 Å². The summed E-state index contributed by atoms with van der Waals surface area (Å²) >= 11 is 3.17. The molecule has 2 aromatic heterocycles. The number of nitrogens with zero attached hydrogens (tertiary/aromatic N) is 2. The van der Waals surface area contributed by atoms with E-state index < -0.39 is 0 Å². The number of carbonyl (C=O) groups is 1. The summed E-state index contributed by atoms with van der Waals surface area (Å²) in [7, 11) is 0. The normalized spacial score (nSPS) is 12.6. The summed E-state index contributed by atoms with van der Waals surface area (Å²) in [6, 6.07) is 2.36. The molecule has 0 aliphatic carbocycles. The number of amides is 1. The first-order chi connectivity index (χ1) is 9.63. The molecule has 108 valence electrons. The molecule has 0 spiro atoms. The van der Waals surface area contributed by atoms with E-state index in [2.05, 4.69) is 35.2 Å². The van der Waals surface area contributed by atoms with E-state index in [0.717, 1.165) is 28.1 Å². The van der Waals surface area contributed by atoms with Crippen LogP contribution in [0.15, 0.2) is 17.4 Å². The summed E-state index contributed by atoms with van der Waals surface area (Å²) in [5.41, 5.74) is 0. The average molecular weight is 309 g/mol. The largest absolute Gasteiger partial charge is 0.353 e. The van der Waals surface area contributed by atoms with Gasteiger partial charge < -0.3 is 5.32 Å². The molecule has 0 fully saturated rings. The summed E-state index contributed by atoms with van der Waals surface area (Å²) in [6.45, 7) is 6.20. The maximum atomic E-state index is 11.8. The smallest absolute Gasteiger partial charge is 0.230 e. The van der Waals surface area contributed by atoms with Gasteiger partial charge in [-0.1, -0.05) is 25.6 Å². The third-order valence-electron chi connectivity index (χ3n) is 3.05. The van der Waals surface area contributed by atoms with Gasteiger partial charge in [-0.2, -0.15) is 0 Å². The van der Waals surface area contributed by atoms with Crippen LogP contribution in [0.2, 0.25) is 0 Å². The van der Waals surface area contributed by atoms with Gasteiger partial charge in [0.25, 0.3) is 0 Å². The fourth-order valence-corrected chi connectivity index (χ4v) is 3.51. The molecule has 0 bridgehead atoms. The molecule has 0 saturated heterocycles. The van der Waals surface area contributed by atoms with E-state index in [1.54, 1.807) is 17.7 Å². The van der Waals surface area contributed by atoms with Crippen molar-refractivity contribution >= 4 is 39.2 Å². The first kappa shape index (κ1) is 15.3. The van der Waals surface area contributed by atoms with Gasteiger partial charge in [-0.05, 0) is 25.8 Å². The van der Waals surface area contributed by atoms with Crippen LogP contribution < -0.4 is 5.32 Å². The first-order valence-electron chi connectivity index (χ1n) is 6.79. The highest BCUT2D eigenvalue weighted by molar-refractivity contribution is 8.00. The van der Waals surface area contributed by atoms with E-state index in [1.807, 2.05) is 6.92 Å². The molecule has 0 unspecified atom stereocenters. The first-order valence-corrected chi connectivity index (χ1v) is 8.59. The molecule has 4 nitrogen and oxygen atoms in total. The van der Waals surface area contributed by atoms with E-state index in [9.17, 15) is 4.79 Å². The minimum atomic E-state index is 0.0575. The summed E-state index contributed by atoms with van der Waals surface area (Å²) in [4.78, 5) is 22.7. The molecule has 1 N–H and O–H groups in total. The second-order valence-corrected chi connectivity index (χ2v) is 6.71. The summed E-state index contributed by atoms with van der Waals surface area (Å²) in [5.74, 6) is 0.454. The monoisotopic (exact) mass is 309 g/mol. The standard InChI is InChI=1S/C14H19N3OS2/c1-4-9(3)17-12(18)7-19-13-11-6-10(5-2)20-14(11)16-8-15-13/h6,8-9H,4-5,7H2,1-3H3,(H,17,18)/t9-/m1/s1. The number of nitrogens with one attached hydrogen (secondary N) is 1. The zero-order chi connectivity index (χ0) is 14.5. The lowest BCUT2D eigenvalue weighted by molar-refractivity contribution is -0.119. The Morgan fingerprint density at radius 2 is 2.25 bits per heavy atom. The van der Waals surface area contributed by atoms with Crippen molar-refractivity contribution < 1.29 is 4.79 Å². The van der Waals surface area contributed by atoms with E-state index in [4.69, 9.17) is 0 Å². The third kappa shape index (κ3) is 3.70. The van der Waals surface area contributed by atoms with Crippen LogP contribution in [0, 0.1) is 0 Å². The number of thioether (sulfide) groups is 1. The Kier molecular flexibility index (Phi) is 5.37. The number of aromatic nitrogens is 2. The average Bonchev–Trinajstić information content (AvgIpc) is 2.88. The molecule has 0 aromatic carbocycles. The predicted octanol–water partition coefficient (Wildman–Crippen LogP) is 3.26. The van der Waals surface area contributed by atoms with E-state index in [1.165, 1.54) is 16.6 Å². The molecule has 0 aliphatic heterocycles. The minimum Gasteiger partial charge on any atom is -0.353 e. The van der Waals surface area contributed by atoms with Gasteiger partial charge in [0.2, 0.25) is 5.91 Å². The van der Waals surface area contributed by atoms with Crippen LogP contribution in [0.25, 0.3) is 10.2 Å². The molecule has 0 aliphatic rings. The molecule has 2 heterocycles. The fourth-order valence-electron chi connectivity index (χ4n) is 1.73. The van der Waals surface area contributed by atoms with Crippen LogP contribution in [0.5, 0.6) is 0 Å². The number of fused-ring (bicyclic) bond motifs is 1. The molecule has 20 heavy (non-hydrogen) atoms. The second kappa shape index (κ2) is 7.04. The quantitative estimate of drug-likeness (QED) is 0.657. The molecule has 6 heteroatoms. The van der Waals surface area contributed by atoms with Gasteiger partial charge in [0, 0.05) is 16.3 Å². The van der Waals surface area contributed by atoms with Crippen molar-refractivity contribution in [2.24, 2.45) is 0 Å². The highest BCUT2D eigenvalue weighted by atomic mass is 32.2. The number of rotatable bonds is 6. The number of hydrogen-bond donors (Lipinski definition) is 1. The van der Waals surface area contributed by atoms with Gasteiger partial charge in [0.15, 0.2) is 0 Å². The van der Waals surface area contributed by atoms with Gasteiger partial charge in [0.05, 0.1) is 5.75 Å².